The maximum Gasteiger partial charge on any atom is 0.223 e. The van der Waals surface area contributed by atoms with E-state index >= 15 is 0 Å². The molecule has 1 aromatic carbocycles. The second-order valence-corrected chi connectivity index (χ2v) is 5.32. The number of ether oxygens (including phenoxy) is 1. The van der Waals surface area contributed by atoms with Crippen molar-refractivity contribution >= 4 is 5.91 Å². The van der Waals surface area contributed by atoms with Gasteiger partial charge in [0.05, 0.1) is 12.6 Å². The lowest BCUT2D eigenvalue weighted by Crippen LogP contribution is -2.38. The fraction of sp³-hybridized carbons (Fsp3) is 0.471. The summed E-state index contributed by atoms with van der Waals surface area (Å²) in [7, 11) is 0. The van der Waals surface area contributed by atoms with Gasteiger partial charge in [-0.2, -0.15) is 0 Å². The Hall–Kier alpha value is -1.68. The standard InChI is InChI=1S/C17H22FNO2/c1-3-10-21-11-4-5-17(20)19-9-8-14-12-15(18)6-7-16(14)13(19)2/h3,6-7,12-13H,1,4-5,8-11H2,2H3/t13-/m0/s1. The molecular formula is C17H22FNO2. The van der Waals surface area contributed by atoms with Gasteiger partial charge in [0.25, 0.3) is 0 Å². The Morgan fingerprint density at radius 2 is 2.38 bits per heavy atom. The van der Waals surface area contributed by atoms with E-state index in [2.05, 4.69) is 6.58 Å². The highest BCUT2D eigenvalue weighted by Gasteiger charge is 2.27. The van der Waals surface area contributed by atoms with E-state index in [1.54, 1.807) is 18.2 Å². The first-order valence-corrected chi connectivity index (χ1v) is 7.40. The fourth-order valence-corrected chi connectivity index (χ4v) is 2.78. The molecule has 0 saturated heterocycles. The molecule has 0 radical (unpaired) electrons. The number of hydrogen-bond acceptors (Lipinski definition) is 2. The van der Waals surface area contributed by atoms with Crippen molar-refractivity contribution in [1.29, 1.82) is 0 Å². The molecule has 0 N–H and O–H groups in total. The first-order valence-electron chi connectivity index (χ1n) is 7.40. The lowest BCUT2D eigenvalue weighted by Gasteiger charge is -2.35. The molecule has 0 spiro atoms. The third-order valence-electron chi connectivity index (χ3n) is 3.88. The second-order valence-electron chi connectivity index (χ2n) is 5.32. The number of amides is 1. The van der Waals surface area contributed by atoms with Crippen molar-refractivity contribution in [3.63, 3.8) is 0 Å². The van der Waals surface area contributed by atoms with E-state index < -0.39 is 0 Å². The second kappa shape index (κ2) is 7.36. The first-order chi connectivity index (χ1) is 10.1. The van der Waals surface area contributed by atoms with E-state index in [1.807, 2.05) is 11.8 Å². The molecule has 1 aliphatic heterocycles. The summed E-state index contributed by atoms with van der Waals surface area (Å²) in [6, 6.07) is 4.85. The highest BCUT2D eigenvalue weighted by molar-refractivity contribution is 5.77. The lowest BCUT2D eigenvalue weighted by atomic mass is 9.93. The van der Waals surface area contributed by atoms with Gasteiger partial charge in [0, 0.05) is 19.6 Å². The molecule has 1 aliphatic rings. The predicted molar refractivity (Wildman–Crippen MR) is 80.5 cm³/mol. The van der Waals surface area contributed by atoms with Gasteiger partial charge in [0.1, 0.15) is 5.82 Å². The van der Waals surface area contributed by atoms with Crippen molar-refractivity contribution in [2.45, 2.75) is 32.2 Å². The minimum atomic E-state index is -0.208. The quantitative estimate of drug-likeness (QED) is 0.595. The smallest absolute Gasteiger partial charge is 0.223 e. The summed E-state index contributed by atoms with van der Waals surface area (Å²) in [6.45, 7) is 7.33. The normalized spacial score (nSPS) is 17.4. The van der Waals surface area contributed by atoms with Gasteiger partial charge in [0.15, 0.2) is 0 Å². The molecular weight excluding hydrogens is 269 g/mol. The zero-order valence-electron chi connectivity index (χ0n) is 12.5. The number of carbonyl (C=O) groups is 1. The Morgan fingerprint density at radius 1 is 1.57 bits per heavy atom. The molecule has 1 aromatic rings. The molecule has 0 unspecified atom stereocenters. The summed E-state index contributed by atoms with van der Waals surface area (Å²) in [6.07, 6.45) is 3.62. The molecule has 1 heterocycles. The molecule has 0 aromatic heterocycles. The van der Waals surface area contributed by atoms with Gasteiger partial charge in [0.2, 0.25) is 5.91 Å². The predicted octanol–water partition coefficient (Wildman–Crippen LogP) is 3.25. The van der Waals surface area contributed by atoms with Crippen LogP contribution >= 0.6 is 0 Å². The van der Waals surface area contributed by atoms with Gasteiger partial charge in [-0.05, 0) is 43.0 Å². The fourth-order valence-electron chi connectivity index (χ4n) is 2.78. The van der Waals surface area contributed by atoms with Gasteiger partial charge >= 0.3 is 0 Å². The Kier molecular flexibility index (Phi) is 5.51. The summed E-state index contributed by atoms with van der Waals surface area (Å²) in [5, 5.41) is 0. The van der Waals surface area contributed by atoms with Crippen LogP contribution in [0.15, 0.2) is 30.9 Å². The maximum atomic E-state index is 13.2. The van der Waals surface area contributed by atoms with Gasteiger partial charge in [-0.1, -0.05) is 12.1 Å². The molecule has 3 nitrogen and oxygen atoms in total. The largest absolute Gasteiger partial charge is 0.377 e. The topological polar surface area (TPSA) is 29.5 Å². The van der Waals surface area contributed by atoms with Crippen LogP contribution in [-0.4, -0.2) is 30.6 Å². The highest BCUT2D eigenvalue weighted by Crippen LogP contribution is 2.30. The molecule has 0 saturated carbocycles. The van der Waals surface area contributed by atoms with Crippen molar-refractivity contribution in [1.82, 2.24) is 4.90 Å². The third-order valence-corrected chi connectivity index (χ3v) is 3.88. The van der Waals surface area contributed by atoms with Gasteiger partial charge in [-0.25, -0.2) is 4.39 Å². The van der Waals surface area contributed by atoms with Crippen LogP contribution in [0.4, 0.5) is 4.39 Å². The Morgan fingerprint density at radius 3 is 3.14 bits per heavy atom. The monoisotopic (exact) mass is 291 g/mol. The molecule has 0 aliphatic carbocycles. The molecule has 0 bridgehead atoms. The van der Waals surface area contributed by atoms with E-state index in [-0.39, 0.29) is 17.8 Å². The lowest BCUT2D eigenvalue weighted by molar-refractivity contribution is -0.134. The third kappa shape index (κ3) is 3.91. The van der Waals surface area contributed by atoms with E-state index in [0.29, 0.717) is 32.6 Å². The molecule has 4 heteroatoms. The number of benzene rings is 1. The van der Waals surface area contributed by atoms with E-state index in [9.17, 15) is 9.18 Å². The number of rotatable bonds is 6. The minimum Gasteiger partial charge on any atom is -0.377 e. The van der Waals surface area contributed by atoms with Crippen LogP contribution in [0.3, 0.4) is 0 Å². The van der Waals surface area contributed by atoms with E-state index in [4.69, 9.17) is 4.74 Å². The summed E-state index contributed by atoms with van der Waals surface area (Å²) >= 11 is 0. The van der Waals surface area contributed by atoms with Gasteiger partial charge in [-0.15, -0.1) is 6.58 Å². The molecule has 0 fully saturated rings. The molecule has 1 atom stereocenters. The zero-order chi connectivity index (χ0) is 15.2. The Bertz CT molecular complexity index is 516. The molecule has 2 rings (SSSR count). The van der Waals surface area contributed by atoms with Crippen LogP contribution in [0, 0.1) is 5.82 Å². The van der Waals surface area contributed by atoms with Crippen LogP contribution < -0.4 is 0 Å². The Labute approximate surface area is 125 Å². The highest BCUT2D eigenvalue weighted by atomic mass is 19.1. The zero-order valence-corrected chi connectivity index (χ0v) is 12.5. The maximum absolute atomic E-state index is 13.2. The summed E-state index contributed by atoms with van der Waals surface area (Å²) in [4.78, 5) is 14.2. The van der Waals surface area contributed by atoms with Crippen LogP contribution in [0.2, 0.25) is 0 Å². The van der Waals surface area contributed by atoms with Crippen molar-refractivity contribution in [2.75, 3.05) is 19.8 Å². The van der Waals surface area contributed by atoms with E-state index in [0.717, 1.165) is 17.5 Å². The minimum absolute atomic E-state index is 0.0101. The molecule has 114 valence electrons. The van der Waals surface area contributed by atoms with Crippen LogP contribution in [0.25, 0.3) is 0 Å². The summed E-state index contributed by atoms with van der Waals surface area (Å²) < 4.78 is 18.5. The van der Waals surface area contributed by atoms with Crippen LogP contribution in [-0.2, 0) is 16.0 Å². The number of halogens is 1. The average Bonchev–Trinajstić information content (AvgIpc) is 2.47. The van der Waals surface area contributed by atoms with Crippen molar-refractivity contribution < 1.29 is 13.9 Å². The number of nitrogens with zero attached hydrogens (tertiary/aromatic N) is 1. The number of carbonyl (C=O) groups excluding carboxylic acids is 1. The summed E-state index contributed by atoms with van der Waals surface area (Å²) in [5.74, 6) is -0.0697. The molecule has 21 heavy (non-hydrogen) atoms. The van der Waals surface area contributed by atoms with E-state index in [1.165, 1.54) is 6.07 Å². The Balaban J connectivity index is 1.91. The van der Waals surface area contributed by atoms with Gasteiger partial charge < -0.3 is 9.64 Å². The van der Waals surface area contributed by atoms with Gasteiger partial charge in [-0.3, -0.25) is 4.79 Å². The van der Waals surface area contributed by atoms with Crippen molar-refractivity contribution in [2.24, 2.45) is 0 Å². The SMILES string of the molecule is C=CCOCCCC(=O)N1CCc2cc(F)ccc2[C@@H]1C. The van der Waals surface area contributed by atoms with Crippen LogP contribution in [0.1, 0.15) is 36.9 Å². The van der Waals surface area contributed by atoms with Crippen LogP contribution in [0.5, 0.6) is 0 Å². The summed E-state index contributed by atoms with van der Waals surface area (Å²) in [5.41, 5.74) is 2.07. The van der Waals surface area contributed by atoms with Crippen molar-refractivity contribution in [3.05, 3.63) is 47.8 Å². The number of hydrogen-bond donors (Lipinski definition) is 0. The number of fused-ring (bicyclic) bond motifs is 1. The molecule has 1 amide bonds. The average molecular weight is 291 g/mol. The first kappa shape index (κ1) is 15.7. The van der Waals surface area contributed by atoms with Crippen molar-refractivity contribution in [3.8, 4) is 0 Å².